The molecule has 0 saturated carbocycles. The summed E-state index contributed by atoms with van der Waals surface area (Å²) in [5.41, 5.74) is 0. The van der Waals surface area contributed by atoms with Crippen LogP contribution in [0.2, 0.25) is 0 Å². The zero-order chi connectivity index (χ0) is 23.5. The molecule has 2 atom stereocenters. The molecule has 1 aliphatic heterocycles. The van der Waals surface area contributed by atoms with Gasteiger partial charge in [-0.1, -0.05) is 13.8 Å². The molecule has 3 N–H and O–H groups in total. The maximum atomic E-state index is 13.1. The number of benzene rings is 1. The van der Waals surface area contributed by atoms with Crippen LogP contribution < -0.4 is 15.4 Å². The average Bonchev–Trinajstić information content (AvgIpc) is 3.17. The lowest BCUT2D eigenvalue weighted by atomic mass is 10.0. The van der Waals surface area contributed by atoms with Crippen molar-refractivity contribution >= 4 is 27.6 Å². The number of rotatable bonds is 6. The van der Waals surface area contributed by atoms with E-state index in [1.54, 1.807) is 13.8 Å². The van der Waals surface area contributed by atoms with Gasteiger partial charge in [-0.25, -0.2) is 17.8 Å². The molecule has 1 aromatic heterocycles. The summed E-state index contributed by atoms with van der Waals surface area (Å²) in [6.07, 6.45) is 1.67. The topological polar surface area (TPSA) is 147 Å². The second-order valence-corrected chi connectivity index (χ2v) is 9.37. The monoisotopic (exact) mass is 466 g/mol. The zero-order valence-corrected chi connectivity index (χ0v) is 18.2. The van der Waals surface area contributed by atoms with Crippen molar-refractivity contribution in [2.75, 3.05) is 6.54 Å². The first kappa shape index (κ1) is 23.5. The Morgan fingerprint density at radius 2 is 1.94 bits per heavy atom. The quantitative estimate of drug-likeness (QED) is 0.511. The van der Waals surface area contributed by atoms with Gasteiger partial charge in [-0.15, -0.1) is 0 Å². The Morgan fingerprint density at radius 3 is 2.59 bits per heavy atom. The molecule has 2 bridgehead atoms. The molecule has 172 valence electrons. The number of halogens is 1. The fourth-order valence-corrected chi connectivity index (χ4v) is 4.43. The SMILES string of the molecule is CC(C)C(NS(=O)(=O)c1ccc(F)cc1)C(=O)NC1Cc2ncc(o2)CCNC(=O)C1=O. The molecule has 0 radical (unpaired) electrons. The van der Waals surface area contributed by atoms with E-state index in [1.807, 2.05) is 0 Å². The largest absolute Gasteiger partial charge is 0.446 e. The first-order chi connectivity index (χ1) is 15.1. The highest BCUT2D eigenvalue weighted by atomic mass is 32.2. The summed E-state index contributed by atoms with van der Waals surface area (Å²) in [4.78, 5) is 41.5. The third-order valence-corrected chi connectivity index (χ3v) is 6.31. The summed E-state index contributed by atoms with van der Waals surface area (Å²) in [5, 5.41) is 4.89. The van der Waals surface area contributed by atoms with Gasteiger partial charge in [-0.05, 0) is 30.2 Å². The number of hydrogen-bond donors (Lipinski definition) is 3. The van der Waals surface area contributed by atoms with E-state index >= 15 is 0 Å². The van der Waals surface area contributed by atoms with Crippen LogP contribution in [-0.2, 0) is 37.2 Å². The molecule has 1 aliphatic rings. The van der Waals surface area contributed by atoms with Crippen LogP contribution in [0.15, 0.2) is 39.8 Å². The number of hydrogen-bond acceptors (Lipinski definition) is 7. The van der Waals surface area contributed by atoms with E-state index in [4.69, 9.17) is 4.42 Å². The number of carbonyl (C=O) groups excluding carboxylic acids is 3. The van der Waals surface area contributed by atoms with Crippen molar-refractivity contribution in [1.29, 1.82) is 0 Å². The van der Waals surface area contributed by atoms with Gasteiger partial charge in [0.15, 0.2) is 5.89 Å². The second kappa shape index (κ2) is 9.57. The number of sulfonamides is 1. The number of ketones is 1. The maximum Gasteiger partial charge on any atom is 0.289 e. The van der Waals surface area contributed by atoms with E-state index < -0.39 is 51.4 Å². The van der Waals surface area contributed by atoms with Crippen molar-refractivity contribution in [1.82, 2.24) is 20.3 Å². The van der Waals surface area contributed by atoms with Crippen LogP contribution in [0.25, 0.3) is 0 Å². The minimum atomic E-state index is -4.16. The van der Waals surface area contributed by atoms with Crippen molar-refractivity contribution < 1.29 is 31.6 Å². The molecule has 2 heterocycles. The molecule has 0 saturated heterocycles. The first-order valence-corrected chi connectivity index (χ1v) is 11.4. The highest BCUT2D eigenvalue weighted by molar-refractivity contribution is 7.89. The minimum Gasteiger partial charge on any atom is -0.446 e. The summed E-state index contributed by atoms with van der Waals surface area (Å²) < 4.78 is 46.3. The van der Waals surface area contributed by atoms with E-state index in [0.717, 1.165) is 24.3 Å². The number of amides is 2. The van der Waals surface area contributed by atoms with Crippen LogP contribution in [0.3, 0.4) is 0 Å². The van der Waals surface area contributed by atoms with Crippen molar-refractivity contribution in [2.45, 2.75) is 43.7 Å². The van der Waals surface area contributed by atoms with Gasteiger partial charge in [-0.3, -0.25) is 14.4 Å². The Hall–Kier alpha value is -3.12. The van der Waals surface area contributed by atoms with Gasteiger partial charge in [0.25, 0.3) is 5.91 Å². The molecule has 2 unspecified atom stereocenters. The third-order valence-electron chi connectivity index (χ3n) is 4.85. The number of nitrogens with one attached hydrogen (secondary N) is 3. The summed E-state index contributed by atoms with van der Waals surface area (Å²) in [6.45, 7) is 3.38. The van der Waals surface area contributed by atoms with E-state index in [0.29, 0.717) is 12.2 Å². The molecule has 12 heteroatoms. The van der Waals surface area contributed by atoms with Gasteiger partial charge < -0.3 is 15.1 Å². The smallest absolute Gasteiger partial charge is 0.289 e. The van der Waals surface area contributed by atoms with Gasteiger partial charge in [0.05, 0.1) is 17.5 Å². The Bertz CT molecular complexity index is 1110. The minimum absolute atomic E-state index is 0.159. The number of aromatic nitrogens is 1. The highest BCUT2D eigenvalue weighted by Gasteiger charge is 2.34. The molecule has 0 spiro atoms. The van der Waals surface area contributed by atoms with Gasteiger partial charge >= 0.3 is 0 Å². The standard InChI is InChI=1S/C20H23FN4O6S/c1-11(2)17(25-32(29,30)14-5-3-12(21)4-6-14)19(27)24-15-9-16-23-10-13(31-16)7-8-22-20(28)18(15)26/h3-6,10-11,15,17,25H,7-9H2,1-2H3,(H,22,28)(H,24,27). The van der Waals surface area contributed by atoms with Crippen molar-refractivity contribution in [3.05, 3.63) is 47.9 Å². The molecule has 2 aromatic rings. The second-order valence-electron chi connectivity index (χ2n) is 7.65. The fraction of sp³-hybridized carbons (Fsp3) is 0.400. The zero-order valence-electron chi connectivity index (χ0n) is 17.4. The predicted octanol–water partition coefficient (Wildman–Crippen LogP) is 0.0855. The Balaban J connectivity index is 1.81. The van der Waals surface area contributed by atoms with Crippen LogP contribution in [-0.4, -0.2) is 49.6 Å². The molecular weight excluding hydrogens is 443 g/mol. The Kier molecular flexibility index (Phi) is 7.04. The lowest BCUT2D eigenvalue weighted by Gasteiger charge is -2.24. The maximum absolute atomic E-state index is 13.1. The molecule has 32 heavy (non-hydrogen) atoms. The van der Waals surface area contributed by atoms with Crippen molar-refractivity contribution in [3.63, 3.8) is 0 Å². The van der Waals surface area contributed by atoms with Crippen LogP contribution in [0.5, 0.6) is 0 Å². The Labute approximate surface area is 184 Å². The Morgan fingerprint density at radius 1 is 1.25 bits per heavy atom. The van der Waals surface area contributed by atoms with Gasteiger partial charge in [0.2, 0.25) is 21.7 Å². The summed E-state index contributed by atoms with van der Waals surface area (Å²) >= 11 is 0. The third kappa shape index (κ3) is 5.56. The molecule has 2 amide bonds. The van der Waals surface area contributed by atoms with Crippen molar-refractivity contribution in [2.24, 2.45) is 5.92 Å². The molecule has 3 rings (SSSR count). The van der Waals surface area contributed by atoms with Crippen molar-refractivity contribution in [3.8, 4) is 0 Å². The number of nitrogens with zero attached hydrogens (tertiary/aromatic N) is 1. The van der Waals surface area contributed by atoms with Crippen LogP contribution in [0, 0.1) is 11.7 Å². The molecule has 0 fully saturated rings. The summed E-state index contributed by atoms with van der Waals surface area (Å²) in [5.74, 6) is -3.00. The molecule has 10 nitrogen and oxygen atoms in total. The average molecular weight is 466 g/mol. The lowest BCUT2D eigenvalue weighted by molar-refractivity contribution is -0.140. The predicted molar refractivity (Wildman–Crippen MR) is 109 cm³/mol. The number of fused-ring (bicyclic) bond motifs is 2. The van der Waals surface area contributed by atoms with Gasteiger partial charge in [0, 0.05) is 13.0 Å². The highest BCUT2D eigenvalue weighted by Crippen LogP contribution is 2.14. The van der Waals surface area contributed by atoms with Crippen LogP contribution >= 0.6 is 0 Å². The molecular formula is C20H23FN4O6S. The van der Waals surface area contributed by atoms with Gasteiger partial charge in [0.1, 0.15) is 23.7 Å². The van der Waals surface area contributed by atoms with Crippen LogP contribution in [0.1, 0.15) is 25.5 Å². The normalized spacial score (nSPS) is 18.2. The molecule has 0 aliphatic carbocycles. The number of carbonyl (C=O) groups is 3. The van der Waals surface area contributed by atoms with Gasteiger partial charge in [-0.2, -0.15) is 4.72 Å². The lowest BCUT2D eigenvalue weighted by Crippen LogP contribution is -2.56. The van der Waals surface area contributed by atoms with E-state index in [9.17, 15) is 27.2 Å². The first-order valence-electron chi connectivity index (χ1n) is 9.90. The molecule has 1 aromatic carbocycles. The number of Topliss-reactive ketones (excluding diaryl/α,β-unsaturated/α-hetero) is 1. The van der Waals surface area contributed by atoms with E-state index in [1.165, 1.54) is 6.20 Å². The fourth-order valence-electron chi connectivity index (χ4n) is 3.09. The van der Waals surface area contributed by atoms with E-state index in [-0.39, 0.29) is 23.8 Å². The van der Waals surface area contributed by atoms with Crippen LogP contribution in [0.4, 0.5) is 4.39 Å². The summed E-state index contributed by atoms with van der Waals surface area (Å²) in [6, 6.07) is 1.55. The summed E-state index contributed by atoms with van der Waals surface area (Å²) in [7, 11) is -4.16. The van der Waals surface area contributed by atoms with E-state index in [2.05, 4.69) is 20.3 Å². The number of oxazole rings is 1.